The van der Waals surface area contributed by atoms with Crippen molar-refractivity contribution >= 4 is 0 Å². The smallest absolute Gasteiger partial charge is 0.122 e. The molecule has 19 heavy (non-hydrogen) atoms. The van der Waals surface area contributed by atoms with Crippen LogP contribution in [-0.4, -0.2) is 44.2 Å². The molecule has 2 atom stereocenters. The molecule has 2 rings (SSSR count). The summed E-state index contributed by atoms with van der Waals surface area (Å²) in [6.45, 7) is 8.54. The molecule has 1 aromatic carbocycles. The van der Waals surface area contributed by atoms with Crippen molar-refractivity contribution in [1.82, 2.24) is 10.2 Å². The Morgan fingerprint density at radius 2 is 2.21 bits per heavy atom. The largest absolute Gasteiger partial charge is 0.493 e. The van der Waals surface area contributed by atoms with Crippen molar-refractivity contribution in [2.75, 3.05) is 33.3 Å². The lowest BCUT2D eigenvalue weighted by molar-refractivity contribution is 0.256. The third-order valence-corrected chi connectivity index (χ3v) is 3.92. The van der Waals surface area contributed by atoms with Crippen molar-refractivity contribution in [2.24, 2.45) is 0 Å². The zero-order chi connectivity index (χ0) is 13.7. The van der Waals surface area contributed by atoms with Gasteiger partial charge in [-0.2, -0.15) is 0 Å². The van der Waals surface area contributed by atoms with Crippen LogP contribution >= 0.6 is 0 Å². The van der Waals surface area contributed by atoms with E-state index in [0.29, 0.717) is 12.0 Å². The second-order valence-corrected chi connectivity index (χ2v) is 5.54. The molecule has 0 aliphatic carbocycles. The van der Waals surface area contributed by atoms with Gasteiger partial charge in [-0.25, -0.2) is 0 Å². The van der Waals surface area contributed by atoms with E-state index in [1.807, 2.05) is 6.07 Å². The Labute approximate surface area is 116 Å². The number of hydrogen-bond donors (Lipinski definition) is 1. The Morgan fingerprint density at radius 1 is 1.42 bits per heavy atom. The van der Waals surface area contributed by atoms with E-state index in [0.717, 1.165) is 38.4 Å². The number of hydrogen-bond acceptors (Lipinski definition) is 3. The first-order chi connectivity index (χ1) is 9.20. The van der Waals surface area contributed by atoms with Gasteiger partial charge >= 0.3 is 0 Å². The average molecular weight is 262 g/mol. The van der Waals surface area contributed by atoms with E-state index >= 15 is 0 Å². The fraction of sp³-hybridized carbons (Fsp3) is 0.625. The Morgan fingerprint density at radius 3 is 3.00 bits per heavy atom. The summed E-state index contributed by atoms with van der Waals surface area (Å²) < 4.78 is 5.71. The lowest BCUT2D eigenvalue weighted by atomic mass is 9.93. The Kier molecular flexibility index (Phi) is 5.23. The molecule has 0 spiro atoms. The van der Waals surface area contributed by atoms with Crippen LogP contribution in [0, 0.1) is 0 Å². The van der Waals surface area contributed by atoms with E-state index in [4.69, 9.17) is 4.74 Å². The highest BCUT2D eigenvalue weighted by Gasteiger charge is 2.21. The maximum Gasteiger partial charge on any atom is 0.122 e. The van der Waals surface area contributed by atoms with Crippen LogP contribution in [0.15, 0.2) is 24.3 Å². The molecule has 3 heteroatoms. The molecule has 1 N–H and O–H groups in total. The molecule has 0 saturated carbocycles. The summed E-state index contributed by atoms with van der Waals surface area (Å²) in [6, 6.07) is 8.96. The van der Waals surface area contributed by atoms with Crippen LogP contribution in [0.1, 0.15) is 31.7 Å². The summed E-state index contributed by atoms with van der Waals surface area (Å²) in [7, 11) is 2.17. The van der Waals surface area contributed by atoms with Crippen LogP contribution in [0.5, 0.6) is 5.75 Å². The molecule has 3 nitrogen and oxygen atoms in total. The van der Waals surface area contributed by atoms with Gasteiger partial charge in [0.1, 0.15) is 5.75 Å². The summed E-state index contributed by atoms with van der Waals surface area (Å²) in [6.07, 6.45) is 1.11. The SMILES string of the molecule is CCN(C)CC(C)NCC1CCOc2ccccc21. The standard InChI is InChI=1S/C16H26N2O/c1-4-18(3)12-13(2)17-11-14-9-10-19-16-8-6-5-7-15(14)16/h5-8,13-14,17H,4,9-12H2,1-3H3. The predicted molar refractivity (Wildman–Crippen MR) is 79.9 cm³/mol. The minimum absolute atomic E-state index is 0.528. The molecular formula is C16H26N2O. The zero-order valence-electron chi connectivity index (χ0n) is 12.4. The van der Waals surface area contributed by atoms with Crippen molar-refractivity contribution in [2.45, 2.75) is 32.2 Å². The molecule has 1 aliphatic rings. The first-order valence-electron chi connectivity index (χ1n) is 7.34. The van der Waals surface area contributed by atoms with E-state index in [1.54, 1.807) is 0 Å². The number of benzene rings is 1. The van der Waals surface area contributed by atoms with Crippen LogP contribution in [0.2, 0.25) is 0 Å². The zero-order valence-corrected chi connectivity index (χ0v) is 12.4. The normalized spacial score (nSPS) is 19.9. The van der Waals surface area contributed by atoms with Gasteiger partial charge in [-0.05, 0) is 38.6 Å². The number of rotatable bonds is 6. The summed E-state index contributed by atoms with van der Waals surface area (Å²) in [5.41, 5.74) is 1.36. The third kappa shape index (κ3) is 3.95. The van der Waals surface area contributed by atoms with Gasteiger partial charge in [0.05, 0.1) is 6.61 Å². The van der Waals surface area contributed by atoms with Gasteiger partial charge in [-0.15, -0.1) is 0 Å². The average Bonchev–Trinajstić information content (AvgIpc) is 2.44. The summed E-state index contributed by atoms with van der Waals surface area (Å²) in [4.78, 5) is 2.34. The van der Waals surface area contributed by atoms with Gasteiger partial charge in [0, 0.05) is 25.0 Å². The van der Waals surface area contributed by atoms with Crippen LogP contribution in [0.3, 0.4) is 0 Å². The van der Waals surface area contributed by atoms with E-state index < -0.39 is 0 Å². The van der Waals surface area contributed by atoms with Gasteiger partial charge in [-0.1, -0.05) is 25.1 Å². The number of nitrogens with one attached hydrogen (secondary N) is 1. The highest BCUT2D eigenvalue weighted by atomic mass is 16.5. The van der Waals surface area contributed by atoms with E-state index in [9.17, 15) is 0 Å². The first-order valence-corrected chi connectivity index (χ1v) is 7.34. The van der Waals surface area contributed by atoms with Crippen molar-refractivity contribution in [1.29, 1.82) is 0 Å². The van der Waals surface area contributed by atoms with Crippen LogP contribution < -0.4 is 10.1 Å². The van der Waals surface area contributed by atoms with Crippen molar-refractivity contribution < 1.29 is 4.74 Å². The molecule has 0 fully saturated rings. The molecule has 0 amide bonds. The van der Waals surface area contributed by atoms with Crippen LogP contribution in [-0.2, 0) is 0 Å². The van der Waals surface area contributed by atoms with E-state index in [-0.39, 0.29) is 0 Å². The summed E-state index contributed by atoms with van der Waals surface area (Å²) >= 11 is 0. The minimum atomic E-state index is 0.528. The van der Waals surface area contributed by atoms with Gasteiger partial charge in [0.25, 0.3) is 0 Å². The van der Waals surface area contributed by atoms with Crippen molar-refractivity contribution in [3.8, 4) is 5.75 Å². The number of ether oxygens (including phenoxy) is 1. The number of likely N-dealkylation sites (N-methyl/N-ethyl adjacent to an activating group) is 1. The van der Waals surface area contributed by atoms with E-state index in [2.05, 4.69) is 49.3 Å². The second-order valence-electron chi connectivity index (χ2n) is 5.54. The minimum Gasteiger partial charge on any atom is -0.493 e. The van der Waals surface area contributed by atoms with Gasteiger partial charge in [-0.3, -0.25) is 0 Å². The molecule has 0 bridgehead atoms. The fourth-order valence-electron chi connectivity index (χ4n) is 2.63. The first kappa shape index (κ1) is 14.4. The monoisotopic (exact) mass is 262 g/mol. The highest BCUT2D eigenvalue weighted by Crippen LogP contribution is 2.32. The molecule has 0 saturated heterocycles. The molecule has 1 heterocycles. The molecule has 106 valence electrons. The van der Waals surface area contributed by atoms with Crippen molar-refractivity contribution in [3.63, 3.8) is 0 Å². The van der Waals surface area contributed by atoms with Crippen LogP contribution in [0.25, 0.3) is 0 Å². The maximum absolute atomic E-state index is 5.71. The Balaban J connectivity index is 1.87. The maximum atomic E-state index is 5.71. The second kappa shape index (κ2) is 6.92. The molecule has 1 aliphatic heterocycles. The lowest BCUT2D eigenvalue weighted by Crippen LogP contribution is -2.39. The Hall–Kier alpha value is -1.06. The molecule has 0 aromatic heterocycles. The molecular weight excluding hydrogens is 236 g/mol. The van der Waals surface area contributed by atoms with E-state index in [1.165, 1.54) is 5.56 Å². The third-order valence-electron chi connectivity index (χ3n) is 3.92. The van der Waals surface area contributed by atoms with Gasteiger partial charge < -0.3 is 15.0 Å². The molecule has 1 aromatic rings. The van der Waals surface area contributed by atoms with Crippen molar-refractivity contribution in [3.05, 3.63) is 29.8 Å². The summed E-state index contributed by atoms with van der Waals surface area (Å²) in [5.74, 6) is 1.65. The number of para-hydroxylation sites is 1. The summed E-state index contributed by atoms with van der Waals surface area (Å²) in [5, 5.41) is 3.66. The Bertz CT molecular complexity index is 394. The molecule has 2 unspecified atom stereocenters. The fourth-order valence-corrected chi connectivity index (χ4v) is 2.63. The van der Waals surface area contributed by atoms with Crippen LogP contribution in [0.4, 0.5) is 0 Å². The molecule has 0 radical (unpaired) electrons. The number of nitrogens with zero attached hydrogens (tertiary/aromatic N) is 1. The lowest BCUT2D eigenvalue weighted by Gasteiger charge is -2.28. The quantitative estimate of drug-likeness (QED) is 0.852. The topological polar surface area (TPSA) is 24.5 Å². The highest BCUT2D eigenvalue weighted by molar-refractivity contribution is 5.37. The van der Waals surface area contributed by atoms with Gasteiger partial charge in [0.2, 0.25) is 0 Å². The van der Waals surface area contributed by atoms with Gasteiger partial charge in [0.15, 0.2) is 0 Å². The predicted octanol–water partition coefficient (Wildman–Crippen LogP) is 2.48. The number of fused-ring (bicyclic) bond motifs is 1.